The zero-order valence-corrected chi connectivity index (χ0v) is 13.8. The molecule has 0 saturated carbocycles. The van der Waals surface area contributed by atoms with Crippen molar-refractivity contribution in [2.24, 2.45) is 0 Å². The summed E-state index contributed by atoms with van der Waals surface area (Å²) in [5.74, 6) is -0.118. The molecule has 24 heavy (non-hydrogen) atoms. The van der Waals surface area contributed by atoms with E-state index in [1.165, 1.54) is 5.56 Å². The van der Waals surface area contributed by atoms with Crippen molar-refractivity contribution >= 4 is 11.6 Å². The summed E-state index contributed by atoms with van der Waals surface area (Å²) in [5, 5.41) is 12.2. The molecule has 4 atom stereocenters. The number of aromatic nitrogens is 1. The topological polar surface area (TPSA) is 59.3 Å². The van der Waals surface area contributed by atoms with Gasteiger partial charge in [-0.1, -0.05) is 48.0 Å². The van der Waals surface area contributed by atoms with Crippen LogP contribution in [0.4, 0.5) is 0 Å². The lowest BCUT2D eigenvalue weighted by Crippen LogP contribution is -2.38. The molecule has 1 aromatic heterocycles. The number of rotatable bonds is 4. The molecule has 0 spiro atoms. The van der Waals surface area contributed by atoms with E-state index in [0.29, 0.717) is 5.15 Å². The Morgan fingerprint density at radius 3 is 2.58 bits per heavy atom. The van der Waals surface area contributed by atoms with E-state index in [-0.39, 0.29) is 22.9 Å². The molecule has 2 saturated heterocycles. The highest BCUT2D eigenvalue weighted by Gasteiger charge is 2.59. The standard InChI is InChI=1S/C18H18ClN3O2/c19-16-9-6-13(10-20-16)17-14-7-8-15(18(17)22(23)24)21(14)11-12-4-2-1-3-5-12/h1-6,9-10,14-15,17-18H,7-8,11H2/t14-,15+,17-,18-/m0/s1. The summed E-state index contributed by atoms with van der Waals surface area (Å²) >= 11 is 5.88. The lowest BCUT2D eigenvalue weighted by Gasteiger charge is -2.24. The van der Waals surface area contributed by atoms with Gasteiger partial charge < -0.3 is 0 Å². The molecule has 0 unspecified atom stereocenters. The van der Waals surface area contributed by atoms with Crippen molar-refractivity contribution in [1.29, 1.82) is 0 Å². The van der Waals surface area contributed by atoms with Crippen LogP contribution in [0.5, 0.6) is 0 Å². The van der Waals surface area contributed by atoms with E-state index < -0.39 is 6.04 Å². The van der Waals surface area contributed by atoms with E-state index in [1.54, 1.807) is 12.3 Å². The molecule has 0 aliphatic carbocycles. The third kappa shape index (κ3) is 2.58. The molecular weight excluding hydrogens is 326 g/mol. The van der Waals surface area contributed by atoms with Crippen LogP contribution < -0.4 is 0 Å². The minimum atomic E-state index is -0.574. The lowest BCUT2D eigenvalue weighted by atomic mass is 9.81. The van der Waals surface area contributed by atoms with Gasteiger partial charge in [-0.2, -0.15) is 0 Å². The summed E-state index contributed by atoms with van der Waals surface area (Å²) in [7, 11) is 0. The highest BCUT2D eigenvalue weighted by Crippen LogP contribution is 2.48. The summed E-state index contributed by atoms with van der Waals surface area (Å²) in [6.07, 6.45) is 3.58. The Morgan fingerprint density at radius 2 is 1.92 bits per heavy atom. The number of pyridine rings is 1. The Bertz CT molecular complexity index is 738. The number of hydrogen-bond acceptors (Lipinski definition) is 4. The van der Waals surface area contributed by atoms with Crippen molar-refractivity contribution in [3.63, 3.8) is 0 Å². The molecule has 0 N–H and O–H groups in total. The van der Waals surface area contributed by atoms with Crippen molar-refractivity contribution in [3.05, 3.63) is 75.1 Å². The fourth-order valence-corrected chi connectivity index (χ4v) is 4.55. The average molecular weight is 344 g/mol. The second kappa shape index (κ2) is 6.15. The zero-order chi connectivity index (χ0) is 16.7. The molecular formula is C18H18ClN3O2. The molecule has 0 amide bonds. The smallest absolute Gasteiger partial charge is 0.236 e. The molecule has 5 nitrogen and oxygen atoms in total. The van der Waals surface area contributed by atoms with Gasteiger partial charge in [-0.15, -0.1) is 0 Å². The molecule has 124 valence electrons. The van der Waals surface area contributed by atoms with Crippen LogP contribution >= 0.6 is 11.6 Å². The number of fused-ring (bicyclic) bond motifs is 2. The third-order valence-electron chi connectivity index (χ3n) is 5.37. The molecule has 6 heteroatoms. The van der Waals surface area contributed by atoms with Crippen LogP contribution in [0, 0.1) is 10.1 Å². The number of nitro groups is 1. The van der Waals surface area contributed by atoms with Gasteiger partial charge in [0.25, 0.3) is 0 Å². The first kappa shape index (κ1) is 15.5. The first-order valence-electron chi connectivity index (χ1n) is 8.20. The predicted molar refractivity (Wildman–Crippen MR) is 91.6 cm³/mol. The first-order chi connectivity index (χ1) is 11.6. The van der Waals surface area contributed by atoms with Crippen molar-refractivity contribution < 1.29 is 4.92 Å². The second-order valence-electron chi connectivity index (χ2n) is 6.59. The SMILES string of the molecule is O=[N+]([O-])[C@@H]1[C@@H](c2ccc(Cl)nc2)[C@@H]2CC[C@H]1N2Cc1ccccc1. The van der Waals surface area contributed by atoms with Crippen LogP contribution in [0.3, 0.4) is 0 Å². The normalized spacial score (nSPS) is 29.0. The molecule has 2 aliphatic rings. The Balaban J connectivity index is 1.67. The summed E-state index contributed by atoms with van der Waals surface area (Å²) in [4.78, 5) is 18.1. The van der Waals surface area contributed by atoms with E-state index in [1.807, 2.05) is 24.3 Å². The van der Waals surface area contributed by atoms with Crippen LogP contribution in [0.1, 0.15) is 29.9 Å². The van der Waals surface area contributed by atoms with Gasteiger partial charge in [0.05, 0.1) is 12.0 Å². The van der Waals surface area contributed by atoms with Crippen molar-refractivity contribution in [3.8, 4) is 0 Å². The Kier molecular flexibility index (Phi) is 3.98. The molecule has 2 fully saturated rings. The maximum atomic E-state index is 11.8. The van der Waals surface area contributed by atoms with Crippen LogP contribution in [0.2, 0.25) is 5.15 Å². The van der Waals surface area contributed by atoms with E-state index in [9.17, 15) is 10.1 Å². The molecule has 2 aromatic rings. The van der Waals surface area contributed by atoms with Gasteiger partial charge in [0.1, 0.15) is 5.15 Å². The van der Waals surface area contributed by atoms with Crippen LogP contribution in [-0.4, -0.2) is 32.9 Å². The number of benzene rings is 1. The first-order valence-corrected chi connectivity index (χ1v) is 8.57. The van der Waals surface area contributed by atoms with Gasteiger partial charge in [0.15, 0.2) is 0 Å². The van der Waals surface area contributed by atoms with Crippen LogP contribution in [0.15, 0.2) is 48.7 Å². The molecule has 2 aliphatic heterocycles. The number of nitrogens with zero attached hydrogens (tertiary/aromatic N) is 3. The van der Waals surface area contributed by atoms with Crippen LogP contribution in [-0.2, 0) is 6.54 Å². The molecule has 3 heterocycles. The fourth-order valence-electron chi connectivity index (χ4n) is 4.44. The Labute approximate surface area is 145 Å². The fraction of sp³-hybridized carbons (Fsp3) is 0.389. The maximum absolute atomic E-state index is 11.8. The van der Waals surface area contributed by atoms with E-state index in [4.69, 9.17) is 11.6 Å². The van der Waals surface area contributed by atoms with E-state index >= 15 is 0 Å². The summed E-state index contributed by atoms with van der Waals surface area (Å²) < 4.78 is 0. The quantitative estimate of drug-likeness (QED) is 0.484. The Morgan fingerprint density at radius 1 is 1.17 bits per heavy atom. The molecule has 0 radical (unpaired) electrons. The van der Waals surface area contributed by atoms with Gasteiger partial charge >= 0.3 is 0 Å². The summed E-state index contributed by atoms with van der Waals surface area (Å²) in [5.41, 5.74) is 2.12. The molecule has 4 rings (SSSR count). The highest BCUT2D eigenvalue weighted by atomic mass is 35.5. The van der Waals surface area contributed by atoms with Crippen molar-refractivity contribution in [1.82, 2.24) is 9.88 Å². The van der Waals surface area contributed by atoms with E-state index in [2.05, 4.69) is 22.0 Å². The Hall–Kier alpha value is -1.98. The monoisotopic (exact) mass is 343 g/mol. The van der Waals surface area contributed by atoms with Gasteiger partial charge in [0.2, 0.25) is 6.04 Å². The predicted octanol–water partition coefficient (Wildman–Crippen LogP) is 3.51. The van der Waals surface area contributed by atoms with Gasteiger partial charge in [-0.3, -0.25) is 15.0 Å². The average Bonchev–Trinajstić information content (AvgIpc) is 3.11. The van der Waals surface area contributed by atoms with Gasteiger partial charge in [-0.25, -0.2) is 4.98 Å². The van der Waals surface area contributed by atoms with E-state index in [0.717, 1.165) is 24.9 Å². The number of halogens is 1. The zero-order valence-electron chi connectivity index (χ0n) is 13.1. The van der Waals surface area contributed by atoms with Crippen molar-refractivity contribution in [2.45, 2.75) is 43.4 Å². The molecule has 1 aromatic carbocycles. The summed E-state index contributed by atoms with van der Waals surface area (Å²) in [6, 6.07) is 13.4. The third-order valence-corrected chi connectivity index (χ3v) is 5.60. The van der Waals surface area contributed by atoms with Crippen molar-refractivity contribution in [2.75, 3.05) is 0 Å². The number of hydrogen-bond donors (Lipinski definition) is 0. The van der Waals surface area contributed by atoms with Crippen LogP contribution in [0.25, 0.3) is 0 Å². The lowest BCUT2D eigenvalue weighted by molar-refractivity contribution is -0.529. The minimum Gasteiger partial charge on any atom is -0.286 e. The second-order valence-corrected chi connectivity index (χ2v) is 6.97. The van der Waals surface area contributed by atoms with Gasteiger partial charge in [-0.05, 0) is 30.0 Å². The maximum Gasteiger partial charge on any atom is 0.236 e. The minimum absolute atomic E-state index is 0.00844. The summed E-state index contributed by atoms with van der Waals surface area (Å²) in [6.45, 7) is 0.762. The van der Waals surface area contributed by atoms with Gasteiger partial charge in [0, 0.05) is 23.7 Å². The largest absolute Gasteiger partial charge is 0.286 e. The highest BCUT2D eigenvalue weighted by molar-refractivity contribution is 6.29. The molecule has 2 bridgehead atoms.